The number of hydrogen-bond donors (Lipinski definition) is 1. The van der Waals surface area contributed by atoms with Crippen LogP contribution in [-0.2, 0) is 11.3 Å². The van der Waals surface area contributed by atoms with Crippen LogP contribution < -0.4 is 5.32 Å². The molecule has 0 bridgehead atoms. The Balaban J connectivity index is 2.05. The molecule has 108 valence electrons. The lowest BCUT2D eigenvalue weighted by molar-refractivity contribution is 0.0519. The van der Waals surface area contributed by atoms with Gasteiger partial charge in [-0.05, 0) is 31.5 Å². The summed E-state index contributed by atoms with van der Waals surface area (Å²) in [5.41, 5.74) is 1.96. The number of nitriles is 1. The van der Waals surface area contributed by atoms with Crippen LogP contribution in [0.15, 0.2) is 24.3 Å². The van der Waals surface area contributed by atoms with Crippen LogP contribution in [0.25, 0.3) is 0 Å². The molecule has 21 heavy (non-hydrogen) atoms. The van der Waals surface area contributed by atoms with Crippen LogP contribution in [-0.4, -0.2) is 17.6 Å². The third-order valence-corrected chi connectivity index (χ3v) is 3.69. The standard InChI is InChI=1S/C15H15N3O2S/c1-3-20-14(19)13-10(2)21-15(18-13)17-9-12-6-4-5-11(7-12)8-16/h4-7H,3,9H2,1-2H3,(H,17,18). The number of hydrogen-bond acceptors (Lipinski definition) is 6. The lowest BCUT2D eigenvalue weighted by atomic mass is 10.1. The van der Waals surface area contributed by atoms with E-state index in [0.29, 0.717) is 29.5 Å². The molecule has 0 aliphatic rings. The van der Waals surface area contributed by atoms with E-state index in [4.69, 9.17) is 10.00 Å². The molecular weight excluding hydrogens is 286 g/mol. The largest absolute Gasteiger partial charge is 0.461 e. The van der Waals surface area contributed by atoms with Crippen molar-refractivity contribution in [2.75, 3.05) is 11.9 Å². The molecule has 1 heterocycles. The second-order valence-electron chi connectivity index (χ2n) is 4.31. The molecule has 2 rings (SSSR count). The summed E-state index contributed by atoms with van der Waals surface area (Å²) in [6, 6.07) is 9.46. The number of rotatable bonds is 5. The molecule has 0 aliphatic heterocycles. The van der Waals surface area contributed by atoms with Gasteiger partial charge in [-0.3, -0.25) is 0 Å². The first-order valence-corrected chi connectivity index (χ1v) is 7.33. The lowest BCUT2D eigenvalue weighted by Crippen LogP contribution is -2.07. The highest BCUT2D eigenvalue weighted by atomic mass is 32.1. The average molecular weight is 301 g/mol. The second kappa shape index (κ2) is 6.86. The Morgan fingerprint density at radius 2 is 2.33 bits per heavy atom. The van der Waals surface area contributed by atoms with Crippen LogP contribution in [0.2, 0.25) is 0 Å². The van der Waals surface area contributed by atoms with Crippen LogP contribution in [0.5, 0.6) is 0 Å². The van der Waals surface area contributed by atoms with E-state index in [1.807, 2.05) is 25.1 Å². The molecular formula is C15H15N3O2S. The highest BCUT2D eigenvalue weighted by molar-refractivity contribution is 7.15. The summed E-state index contributed by atoms with van der Waals surface area (Å²) in [4.78, 5) is 16.8. The Morgan fingerprint density at radius 1 is 1.52 bits per heavy atom. The van der Waals surface area contributed by atoms with Gasteiger partial charge in [0.2, 0.25) is 0 Å². The number of ether oxygens (including phenoxy) is 1. The summed E-state index contributed by atoms with van der Waals surface area (Å²) in [6.45, 7) is 4.48. The zero-order valence-electron chi connectivity index (χ0n) is 11.8. The Bertz CT molecular complexity index is 688. The summed E-state index contributed by atoms with van der Waals surface area (Å²) < 4.78 is 4.96. The molecule has 1 aromatic carbocycles. The van der Waals surface area contributed by atoms with Gasteiger partial charge >= 0.3 is 5.97 Å². The van der Waals surface area contributed by atoms with Gasteiger partial charge in [0.1, 0.15) is 0 Å². The number of thiazole rings is 1. The maximum atomic E-state index is 11.7. The predicted molar refractivity (Wildman–Crippen MR) is 81.3 cm³/mol. The summed E-state index contributed by atoms with van der Waals surface area (Å²) in [5.74, 6) is -0.397. The number of esters is 1. The van der Waals surface area contributed by atoms with Crippen molar-refractivity contribution < 1.29 is 9.53 Å². The Hall–Kier alpha value is -2.39. The van der Waals surface area contributed by atoms with Crippen molar-refractivity contribution in [3.8, 4) is 6.07 Å². The zero-order chi connectivity index (χ0) is 15.2. The first-order chi connectivity index (χ1) is 10.1. The first kappa shape index (κ1) is 15.0. The van der Waals surface area contributed by atoms with Gasteiger partial charge in [-0.1, -0.05) is 12.1 Å². The van der Waals surface area contributed by atoms with Gasteiger partial charge in [-0.25, -0.2) is 9.78 Å². The SMILES string of the molecule is CCOC(=O)c1nc(NCc2cccc(C#N)c2)sc1C. The molecule has 5 nitrogen and oxygen atoms in total. The van der Waals surface area contributed by atoms with E-state index in [-0.39, 0.29) is 0 Å². The number of nitrogens with one attached hydrogen (secondary N) is 1. The van der Waals surface area contributed by atoms with E-state index in [2.05, 4.69) is 16.4 Å². The predicted octanol–water partition coefficient (Wildman–Crippen LogP) is 3.11. The number of nitrogens with zero attached hydrogens (tertiary/aromatic N) is 2. The topological polar surface area (TPSA) is 75.0 Å². The first-order valence-electron chi connectivity index (χ1n) is 6.51. The van der Waals surface area contributed by atoms with E-state index < -0.39 is 5.97 Å². The minimum Gasteiger partial charge on any atom is -0.461 e. The van der Waals surface area contributed by atoms with Crippen molar-refractivity contribution >= 4 is 22.4 Å². The van der Waals surface area contributed by atoms with Gasteiger partial charge in [0, 0.05) is 11.4 Å². The number of anilines is 1. The molecule has 0 aliphatic carbocycles. The number of aromatic nitrogens is 1. The van der Waals surface area contributed by atoms with Crippen LogP contribution in [0.3, 0.4) is 0 Å². The van der Waals surface area contributed by atoms with Crippen molar-refractivity contribution in [3.05, 3.63) is 46.0 Å². The minimum atomic E-state index is -0.397. The van der Waals surface area contributed by atoms with Gasteiger partial charge in [0.15, 0.2) is 10.8 Å². The molecule has 2 aromatic rings. The Kier molecular flexibility index (Phi) is 4.90. The Labute approximate surface area is 127 Å². The van der Waals surface area contributed by atoms with E-state index >= 15 is 0 Å². The fourth-order valence-electron chi connectivity index (χ4n) is 1.79. The molecule has 0 amide bonds. The van der Waals surface area contributed by atoms with Crippen molar-refractivity contribution in [2.45, 2.75) is 20.4 Å². The second-order valence-corrected chi connectivity index (χ2v) is 5.51. The van der Waals surface area contributed by atoms with E-state index in [0.717, 1.165) is 10.4 Å². The summed E-state index contributed by atoms with van der Waals surface area (Å²) in [7, 11) is 0. The molecule has 6 heteroatoms. The van der Waals surface area contributed by atoms with E-state index in [1.54, 1.807) is 13.0 Å². The number of benzene rings is 1. The lowest BCUT2D eigenvalue weighted by Gasteiger charge is -2.03. The molecule has 0 fully saturated rings. The monoisotopic (exact) mass is 301 g/mol. The molecule has 1 aromatic heterocycles. The van der Waals surface area contributed by atoms with Crippen LogP contribution in [0.1, 0.15) is 33.4 Å². The van der Waals surface area contributed by atoms with Crippen LogP contribution >= 0.6 is 11.3 Å². The van der Waals surface area contributed by atoms with Gasteiger partial charge in [0.05, 0.1) is 18.2 Å². The molecule has 0 saturated carbocycles. The van der Waals surface area contributed by atoms with Gasteiger partial charge in [0.25, 0.3) is 0 Å². The molecule has 0 atom stereocenters. The smallest absolute Gasteiger partial charge is 0.358 e. The van der Waals surface area contributed by atoms with Gasteiger partial charge < -0.3 is 10.1 Å². The quantitative estimate of drug-likeness (QED) is 0.859. The number of aryl methyl sites for hydroxylation is 1. The van der Waals surface area contributed by atoms with Crippen molar-refractivity contribution in [2.24, 2.45) is 0 Å². The summed E-state index contributed by atoms with van der Waals surface area (Å²) in [6.07, 6.45) is 0. The van der Waals surface area contributed by atoms with Crippen LogP contribution in [0, 0.1) is 18.3 Å². The fraction of sp³-hybridized carbons (Fsp3) is 0.267. The van der Waals surface area contributed by atoms with Crippen molar-refractivity contribution in [1.82, 2.24) is 4.98 Å². The maximum absolute atomic E-state index is 11.7. The van der Waals surface area contributed by atoms with Gasteiger partial charge in [-0.2, -0.15) is 5.26 Å². The highest BCUT2D eigenvalue weighted by Crippen LogP contribution is 2.23. The third-order valence-electron chi connectivity index (χ3n) is 2.77. The third kappa shape index (κ3) is 3.80. The molecule has 0 spiro atoms. The maximum Gasteiger partial charge on any atom is 0.358 e. The molecule has 0 unspecified atom stereocenters. The van der Waals surface area contributed by atoms with E-state index in [9.17, 15) is 4.79 Å². The summed E-state index contributed by atoms with van der Waals surface area (Å²) >= 11 is 1.41. The fourth-order valence-corrected chi connectivity index (χ4v) is 2.59. The zero-order valence-corrected chi connectivity index (χ0v) is 12.7. The normalized spacial score (nSPS) is 9.95. The number of carbonyl (C=O) groups excluding carboxylic acids is 1. The Morgan fingerprint density at radius 3 is 3.05 bits per heavy atom. The molecule has 1 N–H and O–H groups in total. The average Bonchev–Trinajstić information content (AvgIpc) is 2.87. The van der Waals surface area contributed by atoms with Crippen molar-refractivity contribution in [3.63, 3.8) is 0 Å². The number of carbonyl (C=O) groups is 1. The van der Waals surface area contributed by atoms with E-state index in [1.165, 1.54) is 11.3 Å². The van der Waals surface area contributed by atoms with Crippen LogP contribution in [0.4, 0.5) is 5.13 Å². The highest BCUT2D eigenvalue weighted by Gasteiger charge is 2.16. The van der Waals surface area contributed by atoms with Gasteiger partial charge in [-0.15, -0.1) is 11.3 Å². The molecule has 0 radical (unpaired) electrons. The van der Waals surface area contributed by atoms with Crippen molar-refractivity contribution in [1.29, 1.82) is 5.26 Å². The molecule has 0 saturated heterocycles. The minimum absolute atomic E-state index is 0.333. The summed E-state index contributed by atoms with van der Waals surface area (Å²) in [5, 5.41) is 12.7.